The molecule has 0 atom stereocenters. The molecule has 16 aromatic carbocycles. The summed E-state index contributed by atoms with van der Waals surface area (Å²) in [6, 6.07) is 127. The van der Waals surface area contributed by atoms with Gasteiger partial charge in [-0.2, -0.15) is 0 Å². The van der Waals surface area contributed by atoms with Crippen molar-refractivity contribution in [3.8, 4) is 62.4 Å². The highest BCUT2D eigenvalue weighted by molar-refractivity contribution is 9.10. The SMILES string of the molecule is Brc1ccc(-c2nc(-c3ccccc3)c3ccccc3n2)cc1.c1ccc(-c2nc(-c3ccc(-n4c5ccccc5c5c6c7ccccc7oc6c6c(c7ccccc7n6-c6ccccc6)c54)cc3)nc3ccccc23)cc1.c1ccc(-n2c3ccccc3c3c4[nH]c5ccccc5c4c4c5ccccc5oc4c32)cc1. The third-order valence-electron chi connectivity index (χ3n) is 21.8. The van der Waals surface area contributed by atoms with Gasteiger partial charge in [0.1, 0.15) is 11.2 Å². The smallest absolute Gasteiger partial charge is 0.160 e. The van der Waals surface area contributed by atoms with Gasteiger partial charge in [-0.25, -0.2) is 19.9 Å². The van der Waals surface area contributed by atoms with Crippen molar-refractivity contribution in [3.05, 3.63) is 368 Å². The van der Waals surface area contributed by atoms with Gasteiger partial charge in [0.05, 0.1) is 61.0 Å². The summed E-state index contributed by atoms with van der Waals surface area (Å²) in [6.45, 7) is 0. The molecule has 0 aliphatic heterocycles. The number of hydrogen-bond acceptors (Lipinski definition) is 6. The fourth-order valence-corrected chi connectivity index (χ4v) is 17.3. The van der Waals surface area contributed by atoms with E-state index in [9.17, 15) is 0 Å². The Kier molecular flexibility index (Phi) is 14.9. The van der Waals surface area contributed by atoms with E-state index >= 15 is 0 Å². The molecule has 0 radical (unpaired) electrons. The normalized spacial score (nSPS) is 11.8. The van der Waals surface area contributed by atoms with Crippen LogP contribution < -0.4 is 0 Å². The molecule has 0 saturated heterocycles. The largest absolute Gasteiger partial charge is 0.454 e. The van der Waals surface area contributed by atoms with E-state index in [1.165, 1.54) is 48.6 Å². The fourth-order valence-electron chi connectivity index (χ4n) is 17.0. The second-order valence-corrected chi connectivity index (χ2v) is 29.0. The molecule has 24 rings (SSSR count). The van der Waals surface area contributed by atoms with Gasteiger partial charge in [-0.05, 0) is 109 Å². The molecule has 0 aliphatic rings. The minimum absolute atomic E-state index is 0.700. The lowest BCUT2D eigenvalue weighted by Gasteiger charge is -2.12. The van der Waals surface area contributed by atoms with Crippen LogP contribution in [-0.2, 0) is 0 Å². The van der Waals surface area contributed by atoms with E-state index in [4.69, 9.17) is 28.8 Å². The lowest BCUT2D eigenvalue weighted by atomic mass is 10.0. The van der Waals surface area contributed by atoms with Crippen molar-refractivity contribution in [3.63, 3.8) is 0 Å². The summed E-state index contributed by atoms with van der Waals surface area (Å²) >= 11 is 3.47. The van der Waals surface area contributed by atoms with Gasteiger partial charge in [0.25, 0.3) is 0 Å². The number of aromatic nitrogens is 8. The van der Waals surface area contributed by atoms with Crippen molar-refractivity contribution in [2.45, 2.75) is 0 Å². The highest BCUT2D eigenvalue weighted by atomic mass is 79.9. The second-order valence-electron chi connectivity index (χ2n) is 28.0. The number of hydrogen-bond donors (Lipinski definition) is 1. The van der Waals surface area contributed by atoms with Crippen molar-refractivity contribution >= 4 is 169 Å². The van der Waals surface area contributed by atoms with Crippen LogP contribution in [0.25, 0.3) is 215 Å². The molecule has 24 aromatic rings. The third kappa shape index (κ3) is 10.2. The molecule has 8 aromatic heterocycles. The van der Waals surface area contributed by atoms with Crippen molar-refractivity contribution in [2.75, 3.05) is 0 Å². The van der Waals surface area contributed by atoms with Crippen LogP contribution in [0.15, 0.2) is 377 Å². The average Bonchev–Trinajstić information content (AvgIpc) is 1.52. The number of nitrogens with one attached hydrogen (secondary N) is 1. The van der Waals surface area contributed by atoms with Gasteiger partial charge in [-0.3, -0.25) is 0 Å². The molecule has 0 saturated carbocycles. The maximum atomic E-state index is 6.92. The Morgan fingerprint density at radius 1 is 0.252 bits per heavy atom. The lowest BCUT2D eigenvalue weighted by molar-refractivity contribution is 0.671. The molecule has 0 aliphatic carbocycles. The van der Waals surface area contributed by atoms with Gasteiger partial charge in [0.2, 0.25) is 0 Å². The van der Waals surface area contributed by atoms with E-state index < -0.39 is 0 Å². The van der Waals surface area contributed by atoms with Crippen LogP contribution in [0.1, 0.15) is 0 Å². The first kappa shape index (κ1) is 63.7. The first-order valence-corrected chi connectivity index (χ1v) is 38.0. The summed E-state index contributed by atoms with van der Waals surface area (Å²) in [5, 5.41) is 16.2. The molecule has 0 spiro atoms. The monoisotopic (exact) mass is 1480 g/mol. The van der Waals surface area contributed by atoms with E-state index in [2.05, 4.69) is 314 Å². The van der Waals surface area contributed by atoms with Gasteiger partial charge >= 0.3 is 0 Å². The van der Waals surface area contributed by atoms with Crippen molar-refractivity contribution in [1.29, 1.82) is 0 Å². The Bertz CT molecular complexity index is 7820. The minimum Gasteiger partial charge on any atom is -0.454 e. The number of H-pyrrole nitrogens is 1. The van der Waals surface area contributed by atoms with E-state index in [-0.39, 0.29) is 0 Å². The average molecular weight is 1490 g/mol. The summed E-state index contributed by atoms with van der Waals surface area (Å²) in [5.74, 6) is 1.45. The molecular formula is C100H61BrN8O2. The van der Waals surface area contributed by atoms with Crippen LogP contribution in [-0.4, -0.2) is 38.6 Å². The molecule has 0 fully saturated rings. The summed E-state index contributed by atoms with van der Waals surface area (Å²) in [6.07, 6.45) is 0. The molecule has 0 amide bonds. The number of fused-ring (bicyclic) bond motifs is 26. The number of para-hydroxylation sites is 10. The number of benzene rings is 16. The Balaban J connectivity index is 0.000000114. The molecule has 11 heteroatoms. The summed E-state index contributed by atoms with van der Waals surface area (Å²) in [7, 11) is 0. The molecule has 111 heavy (non-hydrogen) atoms. The van der Waals surface area contributed by atoms with Crippen LogP contribution in [0.5, 0.6) is 0 Å². The Hall–Kier alpha value is -14.5. The zero-order valence-corrected chi connectivity index (χ0v) is 61.1. The molecule has 520 valence electrons. The van der Waals surface area contributed by atoms with E-state index in [0.717, 1.165) is 165 Å². The number of nitrogens with zero attached hydrogens (tertiary/aromatic N) is 7. The van der Waals surface area contributed by atoms with Gasteiger partial charge in [-0.1, -0.05) is 271 Å². The zero-order chi connectivity index (χ0) is 73.2. The van der Waals surface area contributed by atoms with Gasteiger partial charge in [-0.15, -0.1) is 0 Å². The first-order valence-electron chi connectivity index (χ1n) is 37.2. The predicted octanol–water partition coefficient (Wildman–Crippen LogP) is 27.1. The number of aromatic amines is 1. The van der Waals surface area contributed by atoms with Crippen LogP contribution in [0.2, 0.25) is 0 Å². The molecule has 8 heterocycles. The Morgan fingerprint density at radius 2 is 0.613 bits per heavy atom. The molecule has 0 unspecified atom stereocenters. The topological polar surface area (TPSA) is 108 Å². The number of rotatable bonds is 7. The van der Waals surface area contributed by atoms with E-state index in [1.54, 1.807) is 0 Å². The Morgan fingerprint density at radius 3 is 1.12 bits per heavy atom. The third-order valence-corrected chi connectivity index (χ3v) is 22.3. The van der Waals surface area contributed by atoms with Crippen LogP contribution in [0, 0.1) is 0 Å². The summed E-state index contributed by atoms with van der Waals surface area (Å²) in [4.78, 5) is 23.6. The van der Waals surface area contributed by atoms with Gasteiger partial charge in [0, 0.05) is 125 Å². The standard InChI is InChI=1S/C50H30N4O.C30H18N2O.C20H13BrN2/c1-3-15-31(16-4-1)46-35-19-7-11-23-39(35)51-50(52-46)32-27-29-34(30-28-32)53-40-24-12-8-20-36(40)43-44-38-22-10-14-26-42(38)55-49(44)48-45(47(43)53)37-21-9-13-25-41(37)54(48)33-17-5-2-6-18-33;1-2-10-18(11-3-1)32-23-16-8-5-13-20(23)27-28-25(19-12-4-7-15-22(19)31-28)26-21-14-6-9-17-24(21)33-30(26)29(27)32;21-16-12-10-15(11-13-16)20-22-18-9-5-4-8-17(18)19(23-20)14-6-2-1-3-7-14/h1-30H;1-17,31H;1-13H. The van der Waals surface area contributed by atoms with Crippen LogP contribution in [0.3, 0.4) is 0 Å². The van der Waals surface area contributed by atoms with E-state index in [0.29, 0.717) is 5.82 Å². The van der Waals surface area contributed by atoms with Gasteiger partial charge in [0.15, 0.2) is 22.8 Å². The van der Waals surface area contributed by atoms with Crippen molar-refractivity contribution < 1.29 is 8.83 Å². The minimum atomic E-state index is 0.700. The number of furan rings is 2. The second kappa shape index (κ2) is 25.9. The van der Waals surface area contributed by atoms with Crippen LogP contribution >= 0.6 is 15.9 Å². The lowest BCUT2D eigenvalue weighted by Crippen LogP contribution is -1.97. The first-order chi connectivity index (χ1) is 55.0. The van der Waals surface area contributed by atoms with Crippen LogP contribution in [0.4, 0.5) is 0 Å². The Labute approximate surface area is 642 Å². The maximum Gasteiger partial charge on any atom is 0.160 e. The number of halogens is 1. The predicted molar refractivity (Wildman–Crippen MR) is 462 cm³/mol. The molecule has 1 N–H and O–H groups in total. The maximum absolute atomic E-state index is 6.92. The molecule has 0 bridgehead atoms. The van der Waals surface area contributed by atoms with Crippen molar-refractivity contribution in [2.24, 2.45) is 0 Å². The fraction of sp³-hybridized carbons (Fsp3) is 0. The summed E-state index contributed by atoms with van der Waals surface area (Å²) < 4.78 is 21.8. The van der Waals surface area contributed by atoms with E-state index in [1.807, 2.05) is 84.9 Å². The van der Waals surface area contributed by atoms with Gasteiger partial charge < -0.3 is 27.5 Å². The zero-order valence-electron chi connectivity index (χ0n) is 59.5. The quantitative estimate of drug-likeness (QED) is 0.170. The van der Waals surface area contributed by atoms with Crippen molar-refractivity contribution in [1.82, 2.24) is 38.6 Å². The molecular weight excluding hydrogens is 1430 g/mol. The summed E-state index contributed by atoms with van der Waals surface area (Å²) in [5.41, 5.74) is 23.9. The highest BCUT2D eigenvalue weighted by Gasteiger charge is 2.29. The molecule has 10 nitrogen and oxygen atoms in total. The highest BCUT2D eigenvalue weighted by Crippen LogP contribution is 2.51.